The molecule has 16 heavy (non-hydrogen) atoms. The molecule has 1 aliphatic rings. The summed E-state index contributed by atoms with van der Waals surface area (Å²) in [5, 5.41) is 6.30. The number of rotatable bonds is 6. The largest absolute Gasteiger partial charge is 0.380 e. The zero-order valence-electron chi connectivity index (χ0n) is 10.6. The van der Waals surface area contributed by atoms with Gasteiger partial charge in [-0.25, -0.2) is 0 Å². The van der Waals surface area contributed by atoms with Crippen LogP contribution >= 0.6 is 0 Å². The first-order chi connectivity index (χ1) is 7.63. The Morgan fingerprint density at radius 3 is 2.81 bits per heavy atom. The highest BCUT2D eigenvalue weighted by atomic mass is 16.5. The lowest BCUT2D eigenvalue weighted by atomic mass is 10.1. The average Bonchev–Trinajstić information content (AvgIpc) is 2.70. The fraction of sp³-hybridized carbons (Fsp3) is 0.917. The quantitative estimate of drug-likeness (QED) is 0.714. The van der Waals surface area contributed by atoms with Gasteiger partial charge in [-0.05, 0) is 26.7 Å². The van der Waals surface area contributed by atoms with E-state index in [1.807, 2.05) is 13.8 Å². The molecule has 0 aromatic rings. The molecule has 2 N–H and O–H groups in total. The maximum absolute atomic E-state index is 11.8. The van der Waals surface area contributed by atoms with Crippen LogP contribution in [0.3, 0.4) is 0 Å². The molecule has 0 radical (unpaired) electrons. The van der Waals surface area contributed by atoms with Gasteiger partial charge in [-0.2, -0.15) is 0 Å². The first-order valence-electron chi connectivity index (χ1n) is 6.27. The van der Waals surface area contributed by atoms with Gasteiger partial charge in [0.15, 0.2) is 0 Å². The zero-order valence-corrected chi connectivity index (χ0v) is 10.6. The highest BCUT2D eigenvalue weighted by molar-refractivity contribution is 5.81. The molecule has 3 unspecified atom stereocenters. The third-order valence-electron chi connectivity index (χ3n) is 2.92. The summed E-state index contributed by atoms with van der Waals surface area (Å²) in [5.74, 6) is 0.0906. The van der Waals surface area contributed by atoms with Gasteiger partial charge in [0.25, 0.3) is 0 Å². The predicted octanol–water partition coefficient (Wildman–Crippen LogP) is 1.06. The molecule has 1 fully saturated rings. The summed E-state index contributed by atoms with van der Waals surface area (Å²) >= 11 is 0. The van der Waals surface area contributed by atoms with Crippen molar-refractivity contribution in [2.24, 2.45) is 0 Å². The summed E-state index contributed by atoms with van der Waals surface area (Å²) in [4.78, 5) is 11.8. The number of carbonyl (C=O) groups excluding carboxylic acids is 1. The molecule has 0 spiro atoms. The monoisotopic (exact) mass is 228 g/mol. The number of carbonyl (C=O) groups is 1. The van der Waals surface area contributed by atoms with Gasteiger partial charge in [0, 0.05) is 18.7 Å². The number of hydrogen-bond donors (Lipinski definition) is 2. The molecule has 0 aromatic heterocycles. The molecule has 0 saturated carbocycles. The summed E-state index contributed by atoms with van der Waals surface area (Å²) in [6.07, 6.45) is 3.13. The molecule has 94 valence electrons. The van der Waals surface area contributed by atoms with E-state index in [1.165, 1.54) is 0 Å². The summed E-state index contributed by atoms with van der Waals surface area (Å²) in [6, 6.07) is 0.467. The van der Waals surface area contributed by atoms with E-state index in [4.69, 9.17) is 4.74 Å². The Labute approximate surface area is 98.1 Å². The van der Waals surface area contributed by atoms with Crippen LogP contribution in [-0.4, -0.2) is 37.2 Å². The molecule has 3 atom stereocenters. The van der Waals surface area contributed by atoms with Gasteiger partial charge in [-0.15, -0.1) is 0 Å². The smallest absolute Gasteiger partial charge is 0.237 e. The van der Waals surface area contributed by atoms with Crippen LogP contribution in [0.2, 0.25) is 0 Å². The van der Waals surface area contributed by atoms with E-state index < -0.39 is 0 Å². The Morgan fingerprint density at radius 1 is 1.50 bits per heavy atom. The van der Waals surface area contributed by atoms with E-state index in [-0.39, 0.29) is 18.0 Å². The van der Waals surface area contributed by atoms with Gasteiger partial charge in [0.05, 0.1) is 12.6 Å². The molecule has 4 nitrogen and oxygen atoms in total. The first-order valence-corrected chi connectivity index (χ1v) is 6.27. The lowest BCUT2D eigenvalue weighted by Gasteiger charge is -2.20. The van der Waals surface area contributed by atoms with Crippen molar-refractivity contribution >= 4 is 5.91 Å². The maximum atomic E-state index is 11.8. The normalized spacial score (nSPS) is 24.1. The summed E-state index contributed by atoms with van der Waals surface area (Å²) in [6.45, 7) is 7.61. The second-order valence-electron chi connectivity index (χ2n) is 4.65. The Morgan fingerprint density at radius 2 is 2.25 bits per heavy atom. The van der Waals surface area contributed by atoms with E-state index >= 15 is 0 Å². The summed E-state index contributed by atoms with van der Waals surface area (Å²) < 4.78 is 5.26. The van der Waals surface area contributed by atoms with Crippen LogP contribution < -0.4 is 10.6 Å². The van der Waals surface area contributed by atoms with Gasteiger partial charge >= 0.3 is 0 Å². The minimum Gasteiger partial charge on any atom is -0.380 e. The van der Waals surface area contributed by atoms with Crippen molar-refractivity contribution < 1.29 is 9.53 Å². The second-order valence-corrected chi connectivity index (χ2v) is 4.65. The van der Waals surface area contributed by atoms with Crippen molar-refractivity contribution in [3.63, 3.8) is 0 Å². The van der Waals surface area contributed by atoms with Crippen molar-refractivity contribution in [2.75, 3.05) is 13.2 Å². The van der Waals surface area contributed by atoms with E-state index in [1.54, 1.807) is 0 Å². The Kier molecular flexibility index (Phi) is 5.77. The number of hydrogen-bond acceptors (Lipinski definition) is 3. The fourth-order valence-corrected chi connectivity index (χ4v) is 1.97. The van der Waals surface area contributed by atoms with Crippen LogP contribution in [0.25, 0.3) is 0 Å². The van der Waals surface area contributed by atoms with Gasteiger partial charge in [0.2, 0.25) is 5.91 Å². The summed E-state index contributed by atoms with van der Waals surface area (Å²) in [5.41, 5.74) is 0. The minimum absolute atomic E-state index is 0.0906. The molecule has 0 bridgehead atoms. The molecule has 4 heteroatoms. The van der Waals surface area contributed by atoms with E-state index in [0.29, 0.717) is 6.04 Å². The van der Waals surface area contributed by atoms with Crippen molar-refractivity contribution in [3.05, 3.63) is 0 Å². The van der Waals surface area contributed by atoms with Crippen LogP contribution in [0.15, 0.2) is 0 Å². The third-order valence-corrected chi connectivity index (χ3v) is 2.92. The van der Waals surface area contributed by atoms with Crippen molar-refractivity contribution in [2.45, 2.75) is 58.2 Å². The average molecular weight is 228 g/mol. The lowest BCUT2D eigenvalue weighted by molar-refractivity contribution is -0.123. The van der Waals surface area contributed by atoms with Crippen LogP contribution in [0.5, 0.6) is 0 Å². The number of nitrogens with one attached hydrogen (secondary N) is 2. The molecule has 0 aromatic carbocycles. The van der Waals surface area contributed by atoms with Gasteiger partial charge in [-0.1, -0.05) is 13.3 Å². The van der Waals surface area contributed by atoms with Crippen LogP contribution in [-0.2, 0) is 9.53 Å². The Balaban J connectivity index is 2.23. The van der Waals surface area contributed by atoms with Gasteiger partial charge < -0.3 is 15.4 Å². The van der Waals surface area contributed by atoms with E-state index in [9.17, 15) is 4.79 Å². The van der Waals surface area contributed by atoms with Crippen LogP contribution in [0.1, 0.15) is 40.0 Å². The fourth-order valence-electron chi connectivity index (χ4n) is 1.97. The highest BCUT2D eigenvalue weighted by Gasteiger charge is 2.21. The topological polar surface area (TPSA) is 50.4 Å². The van der Waals surface area contributed by atoms with Crippen molar-refractivity contribution in [3.8, 4) is 0 Å². The first kappa shape index (κ1) is 13.5. The Hall–Kier alpha value is -0.610. The van der Waals surface area contributed by atoms with Gasteiger partial charge in [-0.3, -0.25) is 4.79 Å². The van der Waals surface area contributed by atoms with E-state index in [0.717, 1.165) is 32.5 Å². The van der Waals surface area contributed by atoms with Gasteiger partial charge in [0.1, 0.15) is 0 Å². The molecule has 1 amide bonds. The SMILES string of the molecule is CCCC(C)NC(=O)C(C)NC1CCOC1. The molecule has 1 aliphatic heterocycles. The molecule has 1 heterocycles. The van der Waals surface area contributed by atoms with Crippen LogP contribution in [0, 0.1) is 0 Å². The maximum Gasteiger partial charge on any atom is 0.237 e. The predicted molar refractivity (Wildman–Crippen MR) is 64.3 cm³/mol. The molecule has 1 saturated heterocycles. The molecular formula is C12H24N2O2. The van der Waals surface area contributed by atoms with E-state index in [2.05, 4.69) is 17.6 Å². The lowest BCUT2D eigenvalue weighted by Crippen LogP contribution is -2.48. The van der Waals surface area contributed by atoms with Crippen molar-refractivity contribution in [1.82, 2.24) is 10.6 Å². The standard InChI is InChI=1S/C12H24N2O2/c1-4-5-9(2)13-12(15)10(3)14-11-6-7-16-8-11/h9-11,14H,4-8H2,1-3H3,(H,13,15). The number of ether oxygens (including phenoxy) is 1. The number of amides is 1. The van der Waals surface area contributed by atoms with Crippen LogP contribution in [0.4, 0.5) is 0 Å². The Bertz CT molecular complexity index is 215. The highest BCUT2D eigenvalue weighted by Crippen LogP contribution is 2.04. The zero-order chi connectivity index (χ0) is 12.0. The minimum atomic E-state index is -0.133. The van der Waals surface area contributed by atoms with Crippen molar-refractivity contribution in [1.29, 1.82) is 0 Å². The molecular weight excluding hydrogens is 204 g/mol. The molecule has 1 rings (SSSR count). The third kappa shape index (κ3) is 4.49. The molecule has 0 aliphatic carbocycles. The summed E-state index contributed by atoms with van der Waals surface area (Å²) in [7, 11) is 0. The second kappa shape index (κ2) is 6.86.